The van der Waals surface area contributed by atoms with Crippen molar-refractivity contribution >= 4 is 28.3 Å². The molecule has 2 unspecified atom stereocenters. The molecular formula is C18H19FN4O3S. The van der Waals surface area contributed by atoms with Gasteiger partial charge in [0.2, 0.25) is 0 Å². The molecule has 0 saturated carbocycles. The minimum atomic E-state index is -1.04. The van der Waals surface area contributed by atoms with E-state index in [0.29, 0.717) is 36.5 Å². The summed E-state index contributed by atoms with van der Waals surface area (Å²) in [6, 6.07) is 5.08. The van der Waals surface area contributed by atoms with Crippen LogP contribution in [0.1, 0.15) is 21.2 Å². The quantitative estimate of drug-likeness (QED) is 0.652. The van der Waals surface area contributed by atoms with Crippen molar-refractivity contribution < 1.29 is 18.7 Å². The number of ether oxygens (including phenoxy) is 2. The van der Waals surface area contributed by atoms with Gasteiger partial charge in [0.1, 0.15) is 29.7 Å². The second-order valence-corrected chi connectivity index (χ2v) is 7.37. The predicted molar refractivity (Wildman–Crippen MR) is 98.3 cm³/mol. The third-order valence-corrected chi connectivity index (χ3v) is 5.27. The first-order valence-electron chi connectivity index (χ1n) is 8.55. The van der Waals surface area contributed by atoms with Gasteiger partial charge >= 0.3 is 5.97 Å². The molecule has 4 rings (SSSR count). The summed E-state index contributed by atoms with van der Waals surface area (Å²) in [6.07, 6.45) is 0.216. The molecule has 0 aliphatic carbocycles. The zero-order valence-corrected chi connectivity index (χ0v) is 15.5. The SMILES string of the molecule is COC(=O)c1ccc2nc(COC3CN(Cc4nccs4)CC3F)[nH]c2c1. The maximum Gasteiger partial charge on any atom is 0.337 e. The Morgan fingerprint density at radius 1 is 1.44 bits per heavy atom. The number of alkyl halides is 1. The average molecular weight is 390 g/mol. The number of hydrogen-bond donors (Lipinski definition) is 1. The fourth-order valence-electron chi connectivity index (χ4n) is 3.18. The number of benzene rings is 1. The summed E-state index contributed by atoms with van der Waals surface area (Å²) in [5.41, 5.74) is 1.87. The highest BCUT2D eigenvalue weighted by Gasteiger charge is 2.34. The normalized spacial score (nSPS) is 20.4. The minimum absolute atomic E-state index is 0.179. The van der Waals surface area contributed by atoms with Crippen LogP contribution in [0.5, 0.6) is 0 Å². The van der Waals surface area contributed by atoms with E-state index >= 15 is 0 Å². The van der Waals surface area contributed by atoms with Gasteiger partial charge in [-0.2, -0.15) is 0 Å². The topological polar surface area (TPSA) is 80.3 Å². The van der Waals surface area contributed by atoms with E-state index in [4.69, 9.17) is 9.47 Å². The lowest BCUT2D eigenvalue weighted by Crippen LogP contribution is -2.24. The molecule has 1 N–H and O–H groups in total. The van der Waals surface area contributed by atoms with E-state index in [-0.39, 0.29) is 6.61 Å². The summed E-state index contributed by atoms with van der Waals surface area (Å²) < 4.78 is 24.8. The third-order valence-electron chi connectivity index (χ3n) is 4.50. The highest BCUT2D eigenvalue weighted by Crippen LogP contribution is 2.21. The van der Waals surface area contributed by atoms with Crippen LogP contribution in [0.2, 0.25) is 0 Å². The highest BCUT2D eigenvalue weighted by atomic mass is 32.1. The molecule has 1 aliphatic heterocycles. The van der Waals surface area contributed by atoms with Gasteiger partial charge in [-0.15, -0.1) is 11.3 Å². The molecule has 0 bridgehead atoms. The molecule has 27 heavy (non-hydrogen) atoms. The lowest BCUT2D eigenvalue weighted by Gasteiger charge is -2.14. The van der Waals surface area contributed by atoms with Gasteiger partial charge in [-0.1, -0.05) is 0 Å². The van der Waals surface area contributed by atoms with Crippen LogP contribution in [-0.2, 0) is 22.6 Å². The first kappa shape index (κ1) is 18.0. The zero-order valence-electron chi connectivity index (χ0n) is 14.7. The van der Waals surface area contributed by atoms with Crippen LogP contribution in [0.25, 0.3) is 11.0 Å². The molecule has 3 aromatic rings. The summed E-state index contributed by atoms with van der Waals surface area (Å²) in [5.74, 6) is 0.188. The van der Waals surface area contributed by atoms with E-state index in [2.05, 4.69) is 15.0 Å². The number of carbonyl (C=O) groups is 1. The number of rotatable bonds is 6. The number of aromatic amines is 1. The number of esters is 1. The number of halogens is 1. The van der Waals surface area contributed by atoms with Gasteiger partial charge in [0.25, 0.3) is 0 Å². The van der Waals surface area contributed by atoms with Crippen LogP contribution in [0.15, 0.2) is 29.8 Å². The van der Waals surface area contributed by atoms with E-state index in [0.717, 1.165) is 10.5 Å². The molecule has 0 amide bonds. The van der Waals surface area contributed by atoms with Crippen LogP contribution < -0.4 is 0 Å². The van der Waals surface area contributed by atoms with E-state index < -0.39 is 18.2 Å². The van der Waals surface area contributed by atoms with E-state index in [1.54, 1.807) is 35.7 Å². The van der Waals surface area contributed by atoms with Crippen LogP contribution in [0, 0.1) is 0 Å². The average Bonchev–Trinajstić information content (AvgIpc) is 3.39. The number of methoxy groups -OCH3 is 1. The fraction of sp³-hybridized carbons (Fsp3) is 0.389. The second-order valence-electron chi connectivity index (χ2n) is 6.39. The number of hydrogen-bond acceptors (Lipinski definition) is 7. The largest absolute Gasteiger partial charge is 0.465 e. The van der Waals surface area contributed by atoms with E-state index in [9.17, 15) is 9.18 Å². The molecule has 7 nitrogen and oxygen atoms in total. The summed E-state index contributed by atoms with van der Waals surface area (Å²) in [5, 5.41) is 2.89. The van der Waals surface area contributed by atoms with Crippen LogP contribution in [-0.4, -0.2) is 58.3 Å². The summed E-state index contributed by atoms with van der Waals surface area (Å²) in [6.45, 7) is 1.68. The van der Waals surface area contributed by atoms with Crippen molar-refractivity contribution in [1.29, 1.82) is 0 Å². The van der Waals surface area contributed by atoms with Gasteiger partial charge in [-0.05, 0) is 18.2 Å². The molecular weight excluding hydrogens is 371 g/mol. The van der Waals surface area contributed by atoms with E-state index in [1.807, 2.05) is 10.3 Å². The van der Waals surface area contributed by atoms with Crippen molar-refractivity contribution in [3.63, 3.8) is 0 Å². The highest BCUT2D eigenvalue weighted by molar-refractivity contribution is 7.09. The first-order chi connectivity index (χ1) is 13.1. The van der Waals surface area contributed by atoms with Crippen molar-refractivity contribution in [3.05, 3.63) is 46.2 Å². The number of likely N-dealkylation sites (tertiary alicyclic amines) is 1. The van der Waals surface area contributed by atoms with Crippen LogP contribution in [0.3, 0.4) is 0 Å². The Balaban J connectivity index is 1.37. The lowest BCUT2D eigenvalue weighted by atomic mass is 10.2. The number of H-pyrrole nitrogens is 1. The Morgan fingerprint density at radius 3 is 3.11 bits per heavy atom. The summed E-state index contributed by atoms with van der Waals surface area (Å²) >= 11 is 1.57. The zero-order chi connectivity index (χ0) is 18.8. The summed E-state index contributed by atoms with van der Waals surface area (Å²) in [7, 11) is 1.34. The molecule has 3 heterocycles. The molecule has 1 aliphatic rings. The fourth-order valence-corrected chi connectivity index (χ4v) is 3.84. The Kier molecular flexibility index (Phi) is 5.15. The van der Waals surface area contributed by atoms with Gasteiger partial charge in [0.05, 0.1) is 30.3 Å². The molecule has 0 spiro atoms. The Labute approximate surface area is 159 Å². The molecule has 142 valence electrons. The van der Waals surface area contributed by atoms with Crippen molar-refractivity contribution in [2.45, 2.75) is 25.4 Å². The maximum absolute atomic E-state index is 14.3. The smallest absolute Gasteiger partial charge is 0.337 e. The van der Waals surface area contributed by atoms with Crippen molar-refractivity contribution in [2.24, 2.45) is 0 Å². The lowest BCUT2D eigenvalue weighted by molar-refractivity contribution is 0.00863. The number of carbonyl (C=O) groups excluding carboxylic acids is 1. The molecule has 2 atom stereocenters. The summed E-state index contributed by atoms with van der Waals surface area (Å²) in [4.78, 5) is 25.4. The number of thiazole rings is 1. The maximum atomic E-state index is 14.3. The van der Waals surface area contributed by atoms with E-state index in [1.165, 1.54) is 7.11 Å². The number of imidazole rings is 1. The van der Waals surface area contributed by atoms with Gasteiger partial charge in [-0.25, -0.2) is 19.2 Å². The number of aromatic nitrogens is 3. The molecule has 1 aromatic carbocycles. The van der Waals surface area contributed by atoms with Gasteiger partial charge < -0.3 is 14.5 Å². The number of nitrogens with one attached hydrogen (secondary N) is 1. The number of nitrogens with zero attached hydrogens (tertiary/aromatic N) is 3. The second kappa shape index (κ2) is 7.71. The molecule has 1 saturated heterocycles. The molecule has 9 heteroatoms. The minimum Gasteiger partial charge on any atom is -0.465 e. The van der Waals surface area contributed by atoms with Crippen molar-refractivity contribution in [1.82, 2.24) is 19.9 Å². The van der Waals surface area contributed by atoms with Gasteiger partial charge in [-0.3, -0.25) is 4.90 Å². The number of fused-ring (bicyclic) bond motifs is 1. The van der Waals surface area contributed by atoms with Crippen LogP contribution in [0.4, 0.5) is 4.39 Å². The third kappa shape index (κ3) is 4.00. The van der Waals surface area contributed by atoms with Crippen LogP contribution >= 0.6 is 11.3 Å². The predicted octanol–water partition coefficient (Wildman–Crippen LogP) is 2.55. The first-order valence-corrected chi connectivity index (χ1v) is 9.43. The molecule has 0 radical (unpaired) electrons. The Morgan fingerprint density at radius 2 is 2.33 bits per heavy atom. The standard InChI is InChI=1S/C18H19FN4O3S/c1-25-18(24)11-2-3-13-14(6-11)22-16(21-13)10-26-15-8-23(7-12(15)19)9-17-20-4-5-27-17/h2-6,12,15H,7-10H2,1H3,(H,21,22). The molecule has 1 fully saturated rings. The Bertz CT molecular complexity index is 930. The Hall–Kier alpha value is -2.36. The molecule has 2 aromatic heterocycles. The van der Waals surface area contributed by atoms with Crippen molar-refractivity contribution in [3.8, 4) is 0 Å². The van der Waals surface area contributed by atoms with Crippen molar-refractivity contribution in [2.75, 3.05) is 20.2 Å². The van der Waals surface area contributed by atoms with Gasteiger partial charge in [0.15, 0.2) is 0 Å². The monoisotopic (exact) mass is 390 g/mol. The van der Waals surface area contributed by atoms with Gasteiger partial charge in [0, 0.05) is 24.7 Å².